The van der Waals surface area contributed by atoms with Gasteiger partial charge in [-0.05, 0) is 25.8 Å². The summed E-state index contributed by atoms with van der Waals surface area (Å²) in [6, 6.07) is 1.77. The highest BCUT2D eigenvalue weighted by molar-refractivity contribution is 5.27. The summed E-state index contributed by atoms with van der Waals surface area (Å²) in [5.41, 5.74) is 5.43. The zero-order valence-electron chi connectivity index (χ0n) is 10.5. The molecule has 0 bridgehead atoms. The average molecular weight is 238 g/mol. The molecule has 0 spiro atoms. The van der Waals surface area contributed by atoms with Crippen LogP contribution in [0, 0.1) is 0 Å². The molecule has 1 heterocycles. The summed E-state index contributed by atoms with van der Waals surface area (Å²) in [7, 11) is 0. The molecule has 0 aliphatic heterocycles. The van der Waals surface area contributed by atoms with Gasteiger partial charge in [0.2, 0.25) is 11.8 Å². The fourth-order valence-electron chi connectivity index (χ4n) is 1.36. The van der Waals surface area contributed by atoms with Crippen LogP contribution in [-0.2, 0) is 0 Å². The molecular weight excluding hydrogens is 216 g/mol. The number of aromatic nitrogens is 2. The summed E-state index contributed by atoms with van der Waals surface area (Å²) in [5.74, 6) is 1.26. The number of ether oxygens (including phenoxy) is 1. The smallest absolute Gasteiger partial charge is 0.225 e. The van der Waals surface area contributed by atoms with Crippen molar-refractivity contribution in [3.63, 3.8) is 0 Å². The summed E-state index contributed by atoms with van der Waals surface area (Å²) in [5, 5.41) is 3.18. The number of hydrogen-bond donors (Lipinski definition) is 2. The van der Waals surface area contributed by atoms with Crippen LogP contribution in [0.25, 0.3) is 0 Å². The second-order valence-corrected chi connectivity index (χ2v) is 3.84. The third kappa shape index (κ3) is 6.06. The molecule has 0 atom stereocenters. The van der Waals surface area contributed by atoms with Crippen LogP contribution in [0.15, 0.2) is 12.3 Å². The van der Waals surface area contributed by atoms with Crippen molar-refractivity contribution >= 4 is 5.95 Å². The largest absolute Gasteiger partial charge is 0.478 e. The van der Waals surface area contributed by atoms with Gasteiger partial charge < -0.3 is 15.8 Å². The van der Waals surface area contributed by atoms with E-state index in [4.69, 9.17) is 10.5 Å². The number of nitrogens with zero attached hydrogens (tertiary/aromatic N) is 2. The van der Waals surface area contributed by atoms with Crippen LogP contribution in [-0.4, -0.2) is 29.7 Å². The van der Waals surface area contributed by atoms with Crippen molar-refractivity contribution in [3.8, 4) is 5.88 Å². The van der Waals surface area contributed by atoms with E-state index in [0.29, 0.717) is 18.4 Å². The predicted molar refractivity (Wildman–Crippen MR) is 69.2 cm³/mol. The van der Waals surface area contributed by atoms with Gasteiger partial charge in [-0.25, -0.2) is 4.98 Å². The van der Waals surface area contributed by atoms with E-state index in [1.807, 2.05) is 0 Å². The van der Waals surface area contributed by atoms with E-state index in [1.54, 1.807) is 12.3 Å². The van der Waals surface area contributed by atoms with E-state index in [9.17, 15) is 0 Å². The average Bonchev–Trinajstić information content (AvgIpc) is 2.37. The number of nitrogens with two attached hydrogens (primary N) is 1. The molecule has 0 aromatic carbocycles. The zero-order valence-corrected chi connectivity index (χ0v) is 10.5. The van der Waals surface area contributed by atoms with Gasteiger partial charge >= 0.3 is 0 Å². The van der Waals surface area contributed by atoms with Crippen molar-refractivity contribution < 1.29 is 4.74 Å². The molecule has 17 heavy (non-hydrogen) atoms. The Hall–Kier alpha value is -1.36. The molecule has 0 saturated heterocycles. The highest BCUT2D eigenvalue weighted by atomic mass is 16.5. The number of anilines is 1. The van der Waals surface area contributed by atoms with Gasteiger partial charge in [0.25, 0.3) is 0 Å². The van der Waals surface area contributed by atoms with Crippen LogP contribution < -0.4 is 15.8 Å². The van der Waals surface area contributed by atoms with Crippen LogP contribution >= 0.6 is 0 Å². The topological polar surface area (TPSA) is 73.1 Å². The molecular formula is C12H22N4O. The predicted octanol–water partition coefficient (Wildman–Crippen LogP) is 1.81. The maximum absolute atomic E-state index is 5.43. The first-order valence-corrected chi connectivity index (χ1v) is 6.26. The summed E-state index contributed by atoms with van der Waals surface area (Å²) in [4.78, 5) is 8.40. The number of unbranched alkanes of at least 4 members (excludes halogenated alkanes) is 2. The summed E-state index contributed by atoms with van der Waals surface area (Å²) in [6.07, 6.45) is 5.98. The minimum atomic E-state index is 0.631. The van der Waals surface area contributed by atoms with Gasteiger partial charge in [-0.15, -0.1) is 0 Å². The van der Waals surface area contributed by atoms with E-state index in [-0.39, 0.29) is 0 Å². The molecule has 0 unspecified atom stereocenters. The second kappa shape index (κ2) is 8.75. The van der Waals surface area contributed by atoms with Crippen LogP contribution in [0.1, 0.15) is 32.6 Å². The molecule has 1 aromatic rings. The molecule has 0 fully saturated rings. The van der Waals surface area contributed by atoms with Crippen molar-refractivity contribution in [1.82, 2.24) is 9.97 Å². The van der Waals surface area contributed by atoms with Gasteiger partial charge in [-0.2, -0.15) is 4.98 Å². The molecule has 0 amide bonds. The maximum atomic E-state index is 5.43. The molecule has 1 rings (SSSR count). The Morgan fingerprint density at radius 1 is 1.35 bits per heavy atom. The fraction of sp³-hybridized carbons (Fsp3) is 0.667. The van der Waals surface area contributed by atoms with Gasteiger partial charge in [0, 0.05) is 18.8 Å². The molecule has 5 nitrogen and oxygen atoms in total. The molecule has 96 valence electrons. The summed E-state index contributed by atoms with van der Waals surface area (Å²) in [6.45, 7) is 4.39. The Labute approximate surface area is 103 Å². The Balaban J connectivity index is 2.27. The lowest BCUT2D eigenvalue weighted by Gasteiger charge is -2.06. The van der Waals surface area contributed by atoms with Gasteiger partial charge in [-0.1, -0.05) is 13.3 Å². The third-order valence-electron chi connectivity index (χ3n) is 2.25. The van der Waals surface area contributed by atoms with E-state index >= 15 is 0 Å². The SMILES string of the molecule is CCCOc1ccnc(NCCCCCN)n1. The molecule has 0 aliphatic carbocycles. The highest BCUT2D eigenvalue weighted by Gasteiger charge is 1.98. The normalized spacial score (nSPS) is 10.2. The maximum Gasteiger partial charge on any atom is 0.225 e. The van der Waals surface area contributed by atoms with Gasteiger partial charge in [-0.3, -0.25) is 0 Å². The van der Waals surface area contributed by atoms with Crippen molar-refractivity contribution in [2.24, 2.45) is 5.73 Å². The van der Waals surface area contributed by atoms with Gasteiger partial charge in [0.15, 0.2) is 0 Å². The zero-order chi connectivity index (χ0) is 12.3. The van der Waals surface area contributed by atoms with Gasteiger partial charge in [0.05, 0.1) is 6.61 Å². The Bertz CT molecular complexity index is 306. The molecule has 1 aromatic heterocycles. The van der Waals surface area contributed by atoms with Crippen molar-refractivity contribution in [2.45, 2.75) is 32.6 Å². The minimum absolute atomic E-state index is 0.631. The first-order valence-electron chi connectivity index (χ1n) is 6.26. The molecule has 5 heteroatoms. The highest BCUT2D eigenvalue weighted by Crippen LogP contribution is 2.08. The minimum Gasteiger partial charge on any atom is -0.478 e. The second-order valence-electron chi connectivity index (χ2n) is 3.84. The van der Waals surface area contributed by atoms with Crippen LogP contribution in [0.2, 0.25) is 0 Å². The van der Waals surface area contributed by atoms with Crippen LogP contribution in [0.3, 0.4) is 0 Å². The first-order chi connectivity index (χ1) is 8.36. The Morgan fingerprint density at radius 2 is 2.24 bits per heavy atom. The standard InChI is InChI=1S/C12H22N4O/c1-2-10-17-11-6-9-15-12(16-11)14-8-5-3-4-7-13/h6,9H,2-5,7-8,10,13H2,1H3,(H,14,15,16). The monoisotopic (exact) mass is 238 g/mol. The molecule has 0 aliphatic rings. The van der Waals surface area contributed by atoms with Crippen LogP contribution in [0.5, 0.6) is 5.88 Å². The number of rotatable bonds is 9. The van der Waals surface area contributed by atoms with E-state index in [0.717, 1.165) is 38.8 Å². The molecule has 3 N–H and O–H groups in total. The third-order valence-corrected chi connectivity index (χ3v) is 2.25. The van der Waals surface area contributed by atoms with E-state index < -0.39 is 0 Å². The number of nitrogens with one attached hydrogen (secondary N) is 1. The Kier molecular flexibility index (Phi) is 7.06. The fourth-order valence-corrected chi connectivity index (χ4v) is 1.36. The van der Waals surface area contributed by atoms with E-state index in [1.165, 1.54) is 0 Å². The lowest BCUT2D eigenvalue weighted by Crippen LogP contribution is -2.07. The number of hydrogen-bond acceptors (Lipinski definition) is 5. The first kappa shape index (κ1) is 13.7. The quantitative estimate of drug-likeness (QED) is 0.642. The lowest BCUT2D eigenvalue weighted by atomic mass is 10.2. The molecule has 0 radical (unpaired) electrons. The Morgan fingerprint density at radius 3 is 3.00 bits per heavy atom. The van der Waals surface area contributed by atoms with Gasteiger partial charge in [0.1, 0.15) is 0 Å². The van der Waals surface area contributed by atoms with E-state index in [2.05, 4.69) is 22.2 Å². The summed E-state index contributed by atoms with van der Waals surface area (Å²) >= 11 is 0. The van der Waals surface area contributed by atoms with Crippen molar-refractivity contribution in [2.75, 3.05) is 25.0 Å². The lowest BCUT2D eigenvalue weighted by molar-refractivity contribution is 0.305. The van der Waals surface area contributed by atoms with Crippen LogP contribution in [0.4, 0.5) is 5.95 Å². The van der Waals surface area contributed by atoms with Crippen molar-refractivity contribution in [1.29, 1.82) is 0 Å². The molecule has 0 saturated carbocycles. The summed E-state index contributed by atoms with van der Waals surface area (Å²) < 4.78 is 5.43. The van der Waals surface area contributed by atoms with Crippen molar-refractivity contribution in [3.05, 3.63) is 12.3 Å².